The molecule has 6 heteroatoms. The molecule has 0 saturated carbocycles. The van der Waals surface area contributed by atoms with Gasteiger partial charge in [-0.05, 0) is 36.2 Å². The Hall–Kier alpha value is -2.96. The van der Waals surface area contributed by atoms with Crippen molar-refractivity contribution < 1.29 is 17.9 Å². The highest BCUT2D eigenvalue weighted by Crippen LogP contribution is 2.25. The molecule has 0 amide bonds. The number of methoxy groups -OCH3 is 1. The van der Waals surface area contributed by atoms with Gasteiger partial charge in [0.05, 0.1) is 23.6 Å². The molecule has 0 aliphatic carbocycles. The minimum absolute atomic E-state index is 0.00369. The van der Waals surface area contributed by atoms with Crippen molar-refractivity contribution in [3.8, 4) is 0 Å². The average Bonchev–Trinajstić information content (AvgIpc) is 2.72. The number of aryl methyl sites for hydroxylation is 1. The molecule has 28 heavy (non-hydrogen) atoms. The molecule has 1 atom stereocenters. The molecule has 0 aromatic heterocycles. The fourth-order valence-electron chi connectivity index (χ4n) is 2.95. The van der Waals surface area contributed by atoms with Gasteiger partial charge in [0.15, 0.2) is 0 Å². The van der Waals surface area contributed by atoms with Crippen LogP contribution in [0, 0.1) is 6.92 Å². The van der Waals surface area contributed by atoms with E-state index in [1.165, 1.54) is 31.4 Å². The summed E-state index contributed by atoms with van der Waals surface area (Å²) in [6.07, 6.45) is 0. The normalized spacial score (nSPS) is 12.4. The second-order valence-corrected chi connectivity index (χ2v) is 8.11. The first-order valence-corrected chi connectivity index (χ1v) is 10.2. The standard InChI is InChI=1S/C22H21NO4S/c1-16-8-6-11-18(14-16)21(17-9-4-3-5-10-17)23-28(25,26)20-13-7-12-19(15-20)22(24)27-2/h3-15,21,23H,1-2H3. The van der Waals surface area contributed by atoms with E-state index in [1.807, 2.05) is 61.5 Å². The Kier molecular flexibility index (Phi) is 5.92. The highest BCUT2D eigenvalue weighted by molar-refractivity contribution is 7.89. The number of carbonyl (C=O) groups excluding carboxylic acids is 1. The van der Waals surface area contributed by atoms with Crippen molar-refractivity contribution in [2.75, 3.05) is 7.11 Å². The van der Waals surface area contributed by atoms with E-state index in [2.05, 4.69) is 9.46 Å². The van der Waals surface area contributed by atoms with Crippen LogP contribution in [0.4, 0.5) is 0 Å². The third-order valence-electron chi connectivity index (χ3n) is 4.35. The lowest BCUT2D eigenvalue weighted by atomic mass is 9.98. The van der Waals surface area contributed by atoms with Gasteiger partial charge in [-0.1, -0.05) is 66.2 Å². The zero-order valence-corrected chi connectivity index (χ0v) is 16.4. The maximum absolute atomic E-state index is 13.1. The molecule has 0 fully saturated rings. The second kappa shape index (κ2) is 8.37. The molecule has 144 valence electrons. The number of ether oxygens (including phenoxy) is 1. The fourth-order valence-corrected chi connectivity index (χ4v) is 4.21. The summed E-state index contributed by atoms with van der Waals surface area (Å²) in [5.74, 6) is -0.588. The van der Waals surface area contributed by atoms with Crippen molar-refractivity contribution >= 4 is 16.0 Å². The summed E-state index contributed by atoms with van der Waals surface area (Å²) < 4.78 is 33.6. The number of hydrogen-bond donors (Lipinski definition) is 1. The number of nitrogens with one attached hydrogen (secondary N) is 1. The van der Waals surface area contributed by atoms with Gasteiger partial charge in [-0.25, -0.2) is 13.2 Å². The van der Waals surface area contributed by atoms with Crippen LogP contribution in [0.15, 0.2) is 83.8 Å². The van der Waals surface area contributed by atoms with Crippen molar-refractivity contribution in [3.63, 3.8) is 0 Å². The Bertz CT molecular complexity index is 1080. The highest BCUT2D eigenvalue weighted by atomic mass is 32.2. The molecule has 0 saturated heterocycles. The molecule has 1 unspecified atom stereocenters. The number of esters is 1. The smallest absolute Gasteiger partial charge is 0.337 e. The Morgan fingerprint density at radius 3 is 2.25 bits per heavy atom. The van der Waals surface area contributed by atoms with Crippen LogP contribution in [-0.2, 0) is 14.8 Å². The van der Waals surface area contributed by atoms with Gasteiger partial charge < -0.3 is 4.74 Å². The number of carbonyl (C=O) groups is 1. The van der Waals surface area contributed by atoms with Crippen molar-refractivity contribution in [1.82, 2.24) is 4.72 Å². The number of benzene rings is 3. The van der Waals surface area contributed by atoms with Gasteiger partial charge in [0.1, 0.15) is 0 Å². The Labute approximate surface area is 165 Å². The lowest BCUT2D eigenvalue weighted by Crippen LogP contribution is -2.29. The third-order valence-corrected chi connectivity index (χ3v) is 5.77. The van der Waals surface area contributed by atoms with Gasteiger partial charge in [-0.3, -0.25) is 0 Å². The largest absolute Gasteiger partial charge is 0.465 e. The average molecular weight is 395 g/mol. The lowest BCUT2D eigenvalue weighted by molar-refractivity contribution is 0.0600. The minimum Gasteiger partial charge on any atom is -0.465 e. The zero-order valence-electron chi connectivity index (χ0n) is 15.6. The first-order chi connectivity index (χ1) is 13.4. The van der Waals surface area contributed by atoms with Crippen LogP contribution in [0.3, 0.4) is 0 Å². The molecule has 0 heterocycles. The monoisotopic (exact) mass is 395 g/mol. The van der Waals surface area contributed by atoms with E-state index in [1.54, 1.807) is 0 Å². The molecule has 3 aromatic carbocycles. The van der Waals surface area contributed by atoms with Gasteiger partial charge >= 0.3 is 5.97 Å². The molecule has 5 nitrogen and oxygen atoms in total. The molecular weight excluding hydrogens is 374 g/mol. The summed E-state index contributed by atoms with van der Waals surface area (Å²) in [4.78, 5) is 11.8. The quantitative estimate of drug-likeness (QED) is 0.644. The van der Waals surface area contributed by atoms with Crippen molar-refractivity contribution in [1.29, 1.82) is 0 Å². The molecule has 1 N–H and O–H groups in total. The first-order valence-electron chi connectivity index (χ1n) is 8.73. The van der Waals surface area contributed by atoms with Gasteiger partial charge in [-0.2, -0.15) is 4.72 Å². The number of sulfonamides is 1. The van der Waals surface area contributed by atoms with Crippen LogP contribution in [0.25, 0.3) is 0 Å². The summed E-state index contributed by atoms with van der Waals surface area (Å²) in [5, 5.41) is 0. The SMILES string of the molecule is COC(=O)c1cccc(S(=O)(=O)NC(c2ccccc2)c2cccc(C)c2)c1. The van der Waals surface area contributed by atoms with Crippen LogP contribution >= 0.6 is 0 Å². The summed E-state index contributed by atoms with van der Waals surface area (Å²) >= 11 is 0. The van der Waals surface area contributed by atoms with Gasteiger partial charge in [-0.15, -0.1) is 0 Å². The molecule has 0 aliphatic heterocycles. The van der Waals surface area contributed by atoms with Crippen LogP contribution in [0.1, 0.15) is 33.1 Å². The third kappa shape index (κ3) is 4.47. The topological polar surface area (TPSA) is 72.5 Å². The summed E-state index contributed by atoms with van der Waals surface area (Å²) in [7, 11) is -2.64. The summed E-state index contributed by atoms with van der Waals surface area (Å²) in [6.45, 7) is 1.96. The van der Waals surface area contributed by atoms with Crippen LogP contribution in [-0.4, -0.2) is 21.5 Å². The van der Waals surface area contributed by atoms with Crippen molar-refractivity contribution in [3.05, 3.63) is 101 Å². The molecule has 0 aliphatic rings. The van der Waals surface area contributed by atoms with E-state index in [4.69, 9.17) is 0 Å². The Morgan fingerprint density at radius 2 is 1.57 bits per heavy atom. The summed E-state index contributed by atoms with van der Waals surface area (Å²) in [6, 6.07) is 22.3. The predicted molar refractivity (Wildman–Crippen MR) is 108 cm³/mol. The van der Waals surface area contributed by atoms with Crippen LogP contribution < -0.4 is 4.72 Å². The number of rotatable bonds is 6. The fraction of sp³-hybridized carbons (Fsp3) is 0.136. The van der Waals surface area contributed by atoms with Crippen LogP contribution in [0.2, 0.25) is 0 Å². The lowest BCUT2D eigenvalue weighted by Gasteiger charge is -2.20. The Morgan fingerprint density at radius 1 is 0.893 bits per heavy atom. The zero-order chi connectivity index (χ0) is 20.1. The van der Waals surface area contributed by atoms with E-state index >= 15 is 0 Å². The van der Waals surface area contributed by atoms with Gasteiger partial charge in [0.25, 0.3) is 0 Å². The van der Waals surface area contributed by atoms with E-state index in [0.717, 1.165) is 16.7 Å². The second-order valence-electron chi connectivity index (χ2n) is 6.40. The van der Waals surface area contributed by atoms with E-state index in [-0.39, 0.29) is 10.5 Å². The van der Waals surface area contributed by atoms with E-state index < -0.39 is 22.0 Å². The molecule has 0 spiro atoms. The minimum atomic E-state index is -3.89. The van der Waals surface area contributed by atoms with E-state index in [0.29, 0.717) is 0 Å². The molecular formula is C22H21NO4S. The van der Waals surface area contributed by atoms with Crippen LogP contribution in [0.5, 0.6) is 0 Å². The van der Waals surface area contributed by atoms with E-state index in [9.17, 15) is 13.2 Å². The van der Waals surface area contributed by atoms with Crippen molar-refractivity contribution in [2.24, 2.45) is 0 Å². The molecule has 0 radical (unpaired) electrons. The van der Waals surface area contributed by atoms with Gasteiger partial charge in [0.2, 0.25) is 10.0 Å². The predicted octanol–water partition coefficient (Wildman–Crippen LogP) is 3.85. The summed E-state index contributed by atoms with van der Waals surface area (Å²) in [5.41, 5.74) is 2.86. The maximum atomic E-state index is 13.1. The molecule has 0 bridgehead atoms. The maximum Gasteiger partial charge on any atom is 0.337 e. The number of hydrogen-bond acceptors (Lipinski definition) is 4. The molecule has 3 aromatic rings. The van der Waals surface area contributed by atoms with Crippen molar-refractivity contribution in [2.45, 2.75) is 17.9 Å². The van der Waals surface area contributed by atoms with Gasteiger partial charge in [0, 0.05) is 0 Å². The highest BCUT2D eigenvalue weighted by Gasteiger charge is 2.24. The molecule has 3 rings (SSSR count). The first kappa shape index (κ1) is 19.8. The Balaban J connectivity index is 2.02.